The second-order valence-corrected chi connectivity index (χ2v) is 7.15. The Morgan fingerprint density at radius 1 is 1.48 bits per heavy atom. The standard InChI is InChI=1S/C22H31N5/c1-5-16(13-27-20(6-2)19(12-23)21(25)26-4)18-8-7-17(11-15(18)3)22(14-24)9-10-22/h6-8,11,13,19,21,26H,2,5,9-10,12,23,25H2,1,3-4H3/b16-13+,27-20?. The van der Waals surface area contributed by atoms with Crippen molar-refractivity contribution in [3.63, 3.8) is 0 Å². The zero-order valence-electron chi connectivity index (χ0n) is 16.6. The quantitative estimate of drug-likeness (QED) is 0.462. The summed E-state index contributed by atoms with van der Waals surface area (Å²) in [7, 11) is 1.81. The molecular weight excluding hydrogens is 334 g/mol. The molecule has 2 atom stereocenters. The van der Waals surface area contributed by atoms with Crippen molar-refractivity contribution in [3.05, 3.63) is 53.7 Å². The number of benzene rings is 1. The SMILES string of the molecule is C=CC(=N/C=C(\CC)c1ccc(C2(C#N)CC2)cc1C)C(CN)C(N)NC. The van der Waals surface area contributed by atoms with Gasteiger partial charge in [0.2, 0.25) is 0 Å². The molecule has 0 spiro atoms. The van der Waals surface area contributed by atoms with Crippen LogP contribution in [0, 0.1) is 24.2 Å². The molecule has 1 aliphatic carbocycles. The molecule has 0 radical (unpaired) electrons. The van der Waals surface area contributed by atoms with Gasteiger partial charge in [-0.25, -0.2) is 0 Å². The second kappa shape index (κ2) is 9.09. The molecule has 1 aromatic rings. The molecule has 1 fully saturated rings. The third kappa shape index (κ3) is 4.54. The van der Waals surface area contributed by atoms with Crippen LogP contribution in [-0.4, -0.2) is 25.5 Å². The van der Waals surface area contributed by atoms with E-state index < -0.39 is 0 Å². The highest BCUT2D eigenvalue weighted by atomic mass is 15.0. The summed E-state index contributed by atoms with van der Waals surface area (Å²) in [5.41, 5.74) is 17.1. The summed E-state index contributed by atoms with van der Waals surface area (Å²) in [4.78, 5) is 4.65. The summed E-state index contributed by atoms with van der Waals surface area (Å²) in [6.07, 6.45) is 6.10. The molecular formula is C22H31N5. The van der Waals surface area contributed by atoms with Crippen LogP contribution in [-0.2, 0) is 5.41 Å². The predicted octanol–water partition coefficient (Wildman–Crippen LogP) is 3.01. The summed E-state index contributed by atoms with van der Waals surface area (Å²) in [5, 5.41) is 12.5. The van der Waals surface area contributed by atoms with E-state index in [0.717, 1.165) is 41.7 Å². The minimum Gasteiger partial charge on any atom is -0.330 e. The fourth-order valence-electron chi connectivity index (χ4n) is 3.37. The Morgan fingerprint density at radius 3 is 2.63 bits per heavy atom. The average Bonchev–Trinajstić information content (AvgIpc) is 3.49. The van der Waals surface area contributed by atoms with Crippen LogP contribution in [0.2, 0.25) is 0 Å². The molecule has 27 heavy (non-hydrogen) atoms. The predicted molar refractivity (Wildman–Crippen MR) is 113 cm³/mol. The lowest BCUT2D eigenvalue weighted by molar-refractivity contribution is 0.478. The number of hydrogen-bond donors (Lipinski definition) is 3. The molecule has 0 saturated heterocycles. The molecule has 0 aromatic heterocycles. The average molecular weight is 366 g/mol. The first-order valence-corrected chi connectivity index (χ1v) is 9.51. The van der Waals surface area contributed by atoms with Gasteiger partial charge in [0.1, 0.15) is 0 Å². The van der Waals surface area contributed by atoms with Gasteiger partial charge in [0.15, 0.2) is 0 Å². The third-order valence-corrected chi connectivity index (χ3v) is 5.45. The number of nitrogens with two attached hydrogens (primary N) is 2. The van der Waals surface area contributed by atoms with Crippen LogP contribution in [0.1, 0.15) is 42.9 Å². The van der Waals surface area contributed by atoms with Gasteiger partial charge in [-0.1, -0.05) is 31.7 Å². The van der Waals surface area contributed by atoms with Crippen LogP contribution in [0.25, 0.3) is 5.57 Å². The maximum Gasteiger partial charge on any atom is 0.0823 e. The van der Waals surface area contributed by atoms with Crippen molar-refractivity contribution in [1.29, 1.82) is 5.26 Å². The van der Waals surface area contributed by atoms with Crippen molar-refractivity contribution in [2.45, 2.75) is 44.7 Å². The van der Waals surface area contributed by atoms with E-state index >= 15 is 0 Å². The fraction of sp³-hybridized carbons (Fsp3) is 0.455. The smallest absolute Gasteiger partial charge is 0.0823 e. The van der Waals surface area contributed by atoms with Gasteiger partial charge in [-0.15, -0.1) is 0 Å². The summed E-state index contributed by atoms with van der Waals surface area (Å²) < 4.78 is 0. The number of aryl methyl sites for hydroxylation is 1. The van der Waals surface area contributed by atoms with E-state index in [9.17, 15) is 5.26 Å². The lowest BCUT2D eigenvalue weighted by Crippen LogP contribution is -2.47. The van der Waals surface area contributed by atoms with Crippen molar-refractivity contribution in [3.8, 4) is 6.07 Å². The van der Waals surface area contributed by atoms with Crippen molar-refractivity contribution < 1.29 is 0 Å². The van der Waals surface area contributed by atoms with Gasteiger partial charge in [-0.3, -0.25) is 4.99 Å². The van der Waals surface area contributed by atoms with Crippen LogP contribution in [0.5, 0.6) is 0 Å². The van der Waals surface area contributed by atoms with Crippen LogP contribution in [0.4, 0.5) is 0 Å². The van der Waals surface area contributed by atoms with Gasteiger partial charge in [0, 0.05) is 24.4 Å². The highest BCUT2D eigenvalue weighted by Crippen LogP contribution is 2.48. The van der Waals surface area contributed by atoms with Crippen LogP contribution in [0.3, 0.4) is 0 Å². The zero-order chi connectivity index (χ0) is 20.0. The first kappa shape index (κ1) is 21.0. The Kier molecular flexibility index (Phi) is 7.09. The van der Waals surface area contributed by atoms with Gasteiger partial charge in [0.05, 0.1) is 17.6 Å². The fourth-order valence-corrected chi connectivity index (χ4v) is 3.37. The molecule has 1 aliphatic rings. The van der Waals surface area contributed by atoms with Crippen molar-refractivity contribution in [2.24, 2.45) is 22.4 Å². The van der Waals surface area contributed by atoms with Crippen LogP contribution >= 0.6 is 0 Å². The molecule has 0 amide bonds. The third-order valence-electron chi connectivity index (χ3n) is 5.45. The van der Waals surface area contributed by atoms with E-state index in [4.69, 9.17) is 11.5 Å². The molecule has 1 saturated carbocycles. The normalized spacial score (nSPS) is 18.5. The van der Waals surface area contributed by atoms with Gasteiger partial charge in [-0.05, 0) is 61.6 Å². The largest absolute Gasteiger partial charge is 0.330 e. The number of nitriles is 1. The van der Waals surface area contributed by atoms with Gasteiger partial charge < -0.3 is 16.8 Å². The Balaban J connectivity index is 2.35. The first-order chi connectivity index (χ1) is 13.0. The van der Waals surface area contributed by atoms with E-state index in [2.05, 4.69) is 55.0 Å². The summed E-state index contributed by atoms with van der Waals surface area (Å²) in [6, 6.07) is 8.80. The molecule has 0 aliphatic heterocycles. The van der Waals surface area contributed by atoms with E-state index in [1.807, 2.05) is 6.20 Å². The molecule has 5 heteroatoms. The summed E-state index contributed by atoms with van der Waals surface area (Å²) >= 11 is 0. The summed E-state index contributed by atoms with van der Waals surface area (Å²) in [6.45, 7) is 8.46. The van der Waals surface area contributed by atoms with Gasteiger partial charge in [-0.2, -0.15) is 5.26 Å². The lowest BCUT2D eigenvalue weighted by atomic mass is 9.91. The zero-order valence-corrected chi connectivity index (χ0v) is 16.6. The topological polar surface area (TPSA) is 100 Å². The Labute approximate surface area is 162 Å². The maximum atomic E-state index is 9.42. The number of rotatable bonds is 9. The van der Waals surface area contributed by atoms with Crippen molar-refractivity contribution in [1.82, 2.24) is 5.32 Å². The van der Waals surface area contributed by atoms with Crippen LogP contribution in [0.15, 0.2) is 42.0 Å². The molecule has 1 aromatic carbocycles. The molecule has 144 valence electrons. The maximum absolute atomic E-state index is 9.42. The number of nitrogens with zero attached hydrogens (tertiary/aromatic N) is 2. The number of allylic oxidation sites excluding steroid dienone is 2. The molecule has 0 heterocycles. The number of hydrogen-bond acceptors (Lipinski definition) is 5. The lowest BCUT2D eigenvalue weighted by Gasteiger charge is -2.21. The molecule has 2 rings (SSSR count). The number of aliphatic imine (C=N–C) groups is 1. The van der Waals surface area contributed by atoms with Crippen molar-refractivity contribution >= 4 is 11.3 Å². The first-order valence-electron chi connectivity index (χ1n) is 9.51. The Bertz CT molecular complexity index is 780. The monoisotopic (exact) mass is 365 g/mol. The minimum absolute atomic E-state index is 0.101. The van der Waals surface area contributed by atoms with Crippen LogP contribution < -0.4 is 16.8 Å². The molecule has 5 N–H and O–H groups in total. The molecule has 5 nitrogen and oxygen atoms in total. The van der Waals surface area contributed by atoms with Crippen molar-refractivity contribution in [2.75, 3.05) is 13.6 Å². The number of nitrogens with one attached hydrogen (secondary N) is 1. The van der Waals surface area contributed by atoms with Gasteiger partial charge in [0.25, 0.3) is 0 Å². The van der Waals surface area contributed by atoms with E-state index in [0.29, 0.717) is 6.54 Å². The Morgan fingerprint density at radius 2 is 2.19 bits per heavy atom. The molecule has 0 bridgehead atoms. The second-order valence-electron chi connectivity index (χ2n) is 7.15. The minimum atomic E-state index is -0.271. The highest BCUT2D eigenvalue weighted by Gasteiger charge is 2.44. The summed E-state index contributed by atoms with van der Waals surface area (Å²) in [5.74, 6) is -0.101. The Hall–Kier alpha value is -2.26. The van der Waals surface area contributed by atoms with E-state index in [1.54, 1.807) is 13.1 Å². The van der Waals surface area contributed by atoms with E-state index in [1.165, 1.54) is 5.56 Å². The van der Waals surface area contributed by atoms with E-state index in [-0.39, 0.29) is 17.5 Å². The highest BCUT2D eigenvalue weighted by molar-refractivity contribution is 5.97. The van der Waals surface area contributed by atoms with Gasteiger partial charge >= 0.3 is 0 Å². The molecule has 2 unspecified atom stereocenters.